The van der Waals surface area contributed by atoms with Gasteiger partial charge in [-0.05, 0) is 18.2 Å². The molecule has 1 aromatic heterocycles. The summed E-state index contributed by atoms with van der Waals surface area (Å²) in [7, 11) is 0. The number of nitrogens with zero attached hydrogens (tertiary/aromatic N) is 2. The van der Waals surface area contributed by atoms with Crippen LogP contribution in [0.5, 0.6) is 0 Å². The molecule has 1 aromatic carbocycles. The molecule has 6 heteroatoms. The van der Waals surface area contributed by atoms with Crippen LogP contribution in [0.1, 0.15) is 5.82 Å². The molecule has 0 bridgehead atoms. The monoisotopic (exact) mass is 350 g/mol. The summed E-state index contributed by atoms with van der Waals surface area (Å²) in [5.74, 6) is 1.03. The molecule has 0 spiro atoms. The lowest BCUT2D eigenvalue weighted by Crippen LogP contribution is -1.82. The van der Waals surface area contributed by atoms with Crippen molar-refractivity contribution < 1.29 is 4.52 Å². The maximum Gasteiger partial charge on any atom is 0.259 e. The van der Waals surface area contributed by atoms with Gasteiger partial charge < -0.3 is 4.52 Å². The zero-order valence-electron chi connectivity index (χ0n) is 7.38. The minimum absolute atomic E-state index is 0.432. The van der Waals surface area contributed by atoms with Crippen LogP contribution in [-0.2, 0) is 5.33 Å². The molecule has 3 nitrogen and oxygen atoms in total. The van der Waals surface area contributed by atoms with Crippen LogP contribution in [0.4, 0.5) is 0 Å². The van der Waals surface area contributed by atoms with E-state index in [2.05, 4.69) is 42.0 Å². The van der Waals surface area contributed by atoms with E-state index in [1.807, 2.05) is 12.1 Å². The van der Waals surface area contributed by atoms with Crippen molar-refractivity contribution in [3.05, 3.63) is 33.5 Å². The van der Waals surface area contributed by atoms with Crippen LogP contribution in [0.15, 0.2) is 27.2 Å². The molecule has 0 N–H and O–H groups in total. The molecule has 78 valence electrons. The Morgan fingerprint density at radius 3 is 2.80 bits per heavy atom. The van der Waals surface area contributed by atoms with Crippen LogP contribution >= 0.6 is 43.5 Å². The Hall–Kier alpha value is -0.390. The minimum atomic E-state index is 0.432. The summed E-state index contributed by atoms with van der Waals surface area (Å²) in [5, 5.41) is 4.91. The first-order valence-corrected chi connectivity index (χ1v) is 6.34. The molecule has 0 fully saturated rings. The molecule has 0 atom stereocenters. The lowest BCUT2D eigenvalue weighted by molar-refractivity contribution is 0.425. The third kappa shape index (κ3) is 2.41. The van der Waals surface area contributed by atoms with E-state index in [9.17, 15) is 0 Å². The second-order valence-electron chi connectivity index (χ2n) is 2.77. The van der Waals surface area contributed by atoms with Crippen LogP contribution in [0.3, 0.4) is 0 Å². The van der Waals surface area contributed by atoms with Crippen molar-refractivity contribution in [2.45, 2.75) is 5.33 Å². The normalized spacial score (nSPS) is 10.6. The largest absolute Gasteiger partial charge is 0.334 e. The summed E-state index contributed by atoms with van der Waals surface area (Å²) >= 11 is 12.6. The van der Waals surface area contributed by atoms with E-state index < -0.39 is 0 Å². The Morgan fingerprint density at radius 2 is 2.20 bits per heavy atom. The van der Waals surface area contributed by atoms with Crippen molar-refractivity contribution in [3.8, 4) is 11.5 Å². The average molecular weight is 352 g/mol. The van der Waals surface area contributed by atoms with Crippen molar-refractivity contribution in [1.29, 1.82) is 0 Å². The fourth-order valence-electron chi connectivity index (χ4n) is 1.08. The number of hydrogen-bond donors (Lipinski definition) is 0. The topological polar surface area (TPSA) is 38.9 Å². The smallest absolute Gasteiger partial charge is 0.259 e. The van der Waals surface area contributed by atoms with Gasteiger partial charge in [-0.15, -0.1) is 0 Å². The van der Waals surface area contributed by atoms with E-state index in [-0.39, 0.29) is 0 Å². The minimum Gasteiger partial charge on any atom is -0.334 e. The van der Waals surface area contributed by atoms with Gasteiger partial charge in [-0.3, -0.25) is 0 Å². The van der Waals surface area contributed by atoms with Gasteiger partial charge in [0.05, 0.1) is 15.9 Å². The van der Waals surface area contributed by atoms with Crippen molar-refractivity contribution in [2.24, 2.45) is 0 Å². The molecule has 0 aliphatic carbocycles. The summed E-state index contributed by atoms with van der Waals surface area (Å²) in [6.07, 6.45) is 0. The van der Waals surface area contributed by atoms with Gasteiger partial charge >= 0.3 is 0 Å². The van der Waals surface area contributed by atoms with Crippen LogP contribution in [0.2, 0.25) is 5.02 Å². The summed E-state index contributed by atoms with van der Waals surface area (Å²) in [6, 6.07) is 5.49. The van der Waals surface area contributed by atoms with E-state index in [1.165, 1.54) is 0 Å². The highest BCUT2D eigenvalue weighted by atomic mass is 79.9. The highest BCUT2D eigenvalue weighted by molar-refractivity contribution is 9.10. The van der Waals surface area contributed by atoms with Gasteiger partial charge in [0.1, 0.15) is 0 Å². The SMILES string of the molecule is Clc1cc(Br)ccc1-c1nc(CBr)no1. The van der Waals surface area contributed by atoms with Crippen molar-refractivity contribution in [3.63, 3.8) is 0 Å². The molecule has 1 heterocycles. The number of halogens is 3. The highest BCUT2D eigenvalue weighted by Crippen LogP contribution is 2.29. The third-order valence-electron chi connectivity index (χ3n) is 1.75. The van der Waals surface area contributed by atoms with Crippen LogP contribution in [-0.4, -0.2) is 10.1 Å². The molecular formula is C9H5Br2ClN2O. The van der Waals surface area contributed by atoms with Gasteiger partial charge in [0, 0.05) is 4.47 Å². The van der Waals surface area contributed by atoms with Gasteiger partial charge in [-0.2, -0.15) is 4.98 Å². The first kappa shape index (κ1) is 11.1. The van der Waals surface area contributed by atoms with Crippen LogP contribution in [0, 0.1) is 0 Å². The Balaban J connectivity index is 2.44. The third-order valence-corrected chi connectivity index (χ3v) is 3.06. The number of rotatable bonds is 2. The molecule has 0 aliphatic heterocycles. The number of aromatic nitrogens is 2. The highest BCUT2D eigenvalue weighted by Gasteiger charge is 2.11. The maximum absolute atomic E-state index is 6.05. The quantitative estimate of drug-likeness (QED) is 0.766. The van der Waals surface area contributed by atoms with Gasteiger partial charge in [-0.1, -0.05) is 48.6 Å². The second kappa shape index (κ2) is 4.63. The molecule has 0 amide bonds. The first-order valence-electron chi connectivity index (χ1n) is 4.04. The van der Waals surface area contributed by atoms with E-state index >= 15 is 0 Å². The van der Waals surface area contributed by atoms with Gasteiger partial charge in [0.25, 0.3) is 5.89 Å². The molecular weight excluding hydrogens is 347 g/mol. The summed E-state index contributed by atoms with van der Waals surface area (Å²) in [4.78, 5) is 4.17. The van der Waals surface area contributed by atoms with Crippen LogP contribution < -0.4 is 0 Å². The van der Waals surface area contributed by atoms with Gasteiger partial charge in [0.2, 0.25) is 0 Å². The molecule has 15 heavy (non-hydrogen) atoms. The lowest BCUT2D eigenvalue weighted by Gasteiger charge is -1.98. The maximum atomic E-state index is 6.05. The second-order valence-corrected chi connectivity index (χ2v) is 4.66. The molecule has 0 radical (unpaired) electrons. The standard InChI is InChI=1S/C9H5Br2ClN2O/c10-4-8-13-9(15-14-8)6-2-1-5(11)3-7(6)12/h1-3H,4H2. The summed E-state index contributed by atoms with van der Waals surface area (Å²) in [6.45, 7) is 0. The van der Waals surface area contributed by atoms with Gasteiger partial charge in [0.15, 0.2) is 5.82 Å². The van der Waals surface area contributed by atoms with E-state index in [0.29, 0.717) is 22.1 Å². The van der Waals surface area contributed by atoms with Crippen molar-refractivity contribution >= 4 is 43.5 Å². The molecule has 2 rings (SSSR count). The van der Waals surface area contributed by atoms with E-state index in [0.717, 1.165) is 10.0 Å². The van der Waals surface area contributed by atoms with Crippen molar-refractivity contribution in [2.75, 3.05) is 0 Å². The van der Waals surface area contributed by atoms with Crippen LogP contribution in [0.25, 0.3) is 11.5 Å². The Labute approximate surface area is 108 Å². The number of benzene rings is 1. The van der Waals surface area contributed by atoms with E-state index in [1.54, 1.807) is 6.07 Å². The summed E-state index contributed by atoms with van der Waals surface area (Å²) < 4.78 is 5.98. The fourth-order valence-corrected chi connectivity index (χ4v) is 2.06. The first-order chi connectivity index (χ1) is 7.20. The predicted molar refractivity (Wildman–Crippen MR) is 65.1 cm³/mol. The lowest BCUT2D eigenvalue weighted by atomic mass is 10.2. The zero-order chi connectivity index (χ0) is 10.8. The predicted octanol–water partition coefficient (Wildman–Crippen LogP) is 4.05. The molecule has 0 unspecified atom stereocenters. The average Bonchev–Trinajstić information content (AvgIpc) is 2.66. The van der Waals surface area contributed by atoms with Crippen molar-refractivity contribution in [1.82, 2.24) is 10.1 Å². The van der Waals surface area contributed by atoms with E-state index in [4.69, 9.17) is 16.1 Å². The molecule has 0 saturated carbocycles. The van der Waals surface area contributed by atoms with Gasteiger partial charge in [-0.25, -0.2) is 0 Å². The Morgan fingerprint density at radius 1 is 1.40 bits per heavy atom. The molecule has 2 aromatic rings. The zero-order valence-corrected chi connectivity index (χ0v) is 11.3. The molecule has 0 saturated heterocycles. The summed E-state index contributed by atoms with van der Waals surface area (Å²) in [5.41, 5.74) is 0.736. The Bertz CT molecular complexity index is 487. The Kier molecular flexibility index (Phi) is 3.43. The number of alkyl halides is 1. The fraction of sp³-hybridized carbons (Fsp3) is 0.111. The number of hydrogen-bond acceptors (Lipinski definition) is 3. The molecule has 0 aliphatic rings.